The van der Waals surface area contributed by atoms with Gasteiger partial charge < -0.3 is 4.90 Å². The van der Waals surface area contributed by atoms with Gasteiger partial charge >= 0.3 is 0 Å². The van der Waals surface area contributed by atoms with Gasteiger partial charge in [0.15, 0.2) is 5.78 Å². The quantitative estimate of drug-likeness (QED) is 0.776. The summed E-state index contributed by atoms with van der Waals surface area (Å²) >= 11 is 3.39. The zero-order valence-corrected chi connectivity index (χ0v) is 13.3. The van der Waals surface area contributed by atoms with Crippen molar-refractivity contribution in [2.75, 3.05) is 13.1 Å². The van der Waals surface area contributed by atoms with Crippen molar-refractivity contribution in [1.82, 2.24) is 4.90 Å². The summed E-state index contributed by atoms with van der Waals surface area (Å²) in [5.74, 6) is 1.08. The van der Waals surface area contributed by atoms with E-state index in [9.17, 15) is 4.79 Å². The zero-order valence-electron chi connectivity index (χ0n) is 11.7. The number of hydrogen-bond donors (Lipinski definition) is 0. The van der Waals surface area contributed by atoms with Crippen molar-refractivity contribution in [3.8, 4) is 0 Å². The van der Waals surface area contributed by atoms with Crippen LogP contribution in [0.5, 0.6) is 0 Å². The predicted octanol–water partition coefficient (Wildman–Crippen LogP) is 4.14. The molecule has 104 valence electrons. The van der Waals surface area contributed by atoms with Gasteiger partial charge in [0, 0.05) is 29.0 Å². The molecule has 0 aliphatic carbocycles. The van der Waals surface area contributed by atoms with E-state index >= 15 is 0 Å². The number of benzene rings is 1. The molecule has 0 radical (unpaired) electrons. The monoisotopic (exact) mass is 323 g/mol. The summed E-state index contributed by atoms with van der Waals surface area (Å²) in [6.07, 6.45) is 3.14. The molecule has 0 amide bonds. The number of carbonyl (C=O) groups is 1. The fourth-order valence-electron chi connectivity index (χ4n) is 2.81. The minimum absolute atomic E-state index is 0.248. The van der Waals surface area contributed by atoms with Gasteiger partial charge in [-0.2, -0.15) is 0 Å². The van der Waals surface area contributed by atoms with E-state index in [0.29, 0.717) is 12.5 Å². The second kappa shape index (κ2) is 6.67. The molecule has 1 fully saturated rings. The van der Waals surface area contributed by atoms with Gasteiger partial charge in [0.05, 0.1) is 0 Å². The van der Waals surface area contributed by atoms with E-state index in [1.54, 1.807) is 0 Å². The van der Waals surface area contributed by atoms with Gasteiger partial charge in [0.2, 0.25) is 0 Å². The van der Waals surface area contributed by atoms with Gasteiger partial charge in [-0.3, -0.25) is 4.79 Å². The highest BCUT2D eigenvalue weighted by Crippen LogP contribution is 2.22. The smallest absolute Gasteiger partial charge is 0.164 e. The topological polar surface area (TPSA) is 20.3 Å². The van der Waals surface area contributed by atoms with Gasteiger partial charge in [-0.25, -0.2) is 0 Å². The Balaban J connectivity index is 1.85. The van der Waals surface area contributed by atoms with Crippen LogP contribution in [0, 0.1) is 5.92 Å². The molecule has 0 N–H and O–H groups in total. The Morgan fingerprint density at radius 3 is 2.63 bits per heavy atom. The Labute approximate surface area is 124 Å². The molecular weight excluding hydrogens is 302 g/mol. The molecule has 2 unspecified atom stereocenters. The third-order valence-corrected chi connectivity index (χ3v) is 4.60. The summed E-state index contributed by atoms with van der Waals surface area (Å²) < 4.78 is 1.02. The molecule has 19 heavy (non-hydrogen) atoms. The van der Waals surface area contributed by atoms with Crippen LogP contribution in [0.4, 0.5) is 0 Å². The van der Waals surface area contributed by atoms with Crippen LogP contribution in [0.1, 0.15) is 43.5 Å². The Hall–Kier alpha value is -0.670. The molecule has 2 atom stereocenters. The summed E-state index contributed by atoms with van der Waals surface area (Å²) in [6.45, 7) is 6.62. The Morgan fingerprint density at radius 2 is 2.00 bits per heavy atom. The standard InChI is InChI=1S/C16H22BrNO/c1-12-7-9-18(13(2)11-12)10-8-16(19)14-3-5-15(17)6-4-14/h3-6,12-13H,7-11H2,1-2H3. The van der Waals surface area contributed by atoms with Crippen LogP contribution < -0.4 is 0 Å². The molecule has 1 aliphatic heterocycles. The van der Waals surface area contributed by atoms with Crippen LogP contribution in [0.25, 0.3) is 0 Å². The summed E-state index contributed by atoms with van der Waals surface area (Å²) in [5, 5.41) is 0. The molecule has 0 bridgehead atoms. The highest BCUT2D eigenvalue weighted by molar-refractivity contribution is 9.10. The SMILES string of the molecule is CC1CCN(CCC(=O)c2ccc(Br)cc2)C(C)C1. The lowest BCUT2D eigenvalue weighted by Crippen LogP contribution is -2.41. The second-order valence-corrected chi connectivity index (χ2v) is 6.61. The van der Waals surface area contributed by atoms with E-state index in [2.05, 4.69) is 34.7 Å². The van der Waals surface area contributed by atoms with Crippen molar-refractivity contribution in [3.05, 3.63) is 34.3 Å². The van der Waals surface area contributed by atoms with Crippen molar-refractivity contribution < 1.29 is 4.79 Å². The van der Waals surface area contributed by atoms with E-state index in [1.165, 1.54) is 12.8 Å². The molecule has 1 aliphatic rings. The first kappa shape index (κ1) is 14.7. The number of ketones is 1. The van der Waals surface area contributed by atoms with Gasteiger partial charge in [0.1, 0.15) is 0 Å². The van der Waals surface area contributed by atoms with Crippen molar-refractivity contribution >= 4 is 21.7 Å². The maximum atomic E-state index is 12.1. The number of rotatable bonds is 4. The lowest BCUT2D eigenvalue weighted by atomic mass is 9.93. The van der Waals surface area contributed by atoms with E-state index in [0.717, 1.165) is 29.0 Å². The molecule has 3 heteroatoms. The first-order valence-electron chi connectivity index (χ1n) is 7.09. The zero-order chi connectivity index (χ0) is 13.8. The van der Waals surface area contributed by atoms with E-state index in [1.807, 2.05) is 24.3 Å². The Morgan fingerprint density at radius 1 is 1.32 bits per heavy atom. The van der Waals surface area contributed by atoms with Gasteiger partial charge in [-0.05, 0) is 44.4 Å². The van der Waals surface area contributed by atoms with E-state index in [4.69, 9.17) is 0 Å². The normalized spacial score (nSPS) is 24.4. The minimum Gasteiger partial charge on any atom is -0.300 e. The van der Waals surface area contributed by atoms with Crippen molar-refractivity contribution in [2.24, 2.45) is 5.92 Å². The van der Waals surface area contributed by atoms with Crippen LogP contribution in [-0.4, -0.2) is 29.8 Å². The number of Topliss-reactive ketones (excluding diaryl/α,β-unsaturated/α-hetero) is 1. The van der Waals surface area contributed by atoms with Crippen LogP contribution in [-0.2, 0) is 0 Å². The van der Waals surface area contributed by atoms with Crippen LogP contribution >= 0.6 is 15.9 Å². The largest absolute Gasteiger partial charge is 0.300 e. The lowest BCUT2D eigenvalue weighted by molar-refractivity contribution is 0.0910. The first-order valence-corrected chi connectivity index (χ1v) is 7.88. The van der Waals surface area contributed by atoms with Crippen LogP contribution in [0.3, 0.4) is 0 Å². The molecule has 2 rings (SSSR count). The fraction of sp³-hybridized carbons (Fsp3) is 0.562. The maximum absolute atomic E-state index is 12.1. The van der Waals surface area contributed by atoms with Crippen molar-refractivity contribution in [3.63, 3.8) is 0 Å². The molecule has 2 nitrogen and oxygen atoms in total. The average molecular weight is 324 g/mol. The summed E-state index contributed by atoms with van der Waals surface area (Å²) in [6, 6.07) is 8.26. The lowest BCUT2D eigenvalue weighted by Gasteiger charge is -2.36. The Bertz CT molecular complexity index is 429. The van der Waals surface area contributed by atoms with E-state index in [-0.39, 0.29) is 5.78 Å². The number of hydrogen-bond acceptors (Lipinski definition) is 2. The third kappa shape index (κ3) is 4.15. The number of likely N-dealkylation sites (tertiary alicyclic amines) is 1. The number of nitrogens with zero attached hydrogens (tertiary/aromatic N) is 1. The molecular formula is C16H22BrNO. The predicted molar refractivity (Wildman–Crippen MR) is 82.5 cm³/mol. The van der Waals surface area contributed by atoms with Gasteiger partial charge in [-0.1, -0.05) is 35.0 Å². The highest BCUT2D eigenvalue weighted by atomic mass is 79.9. The van der Waals surface area contributed by atoms with E-state index < -0.39 is 0 Å². The van der Waals surface area contributed by atoms with Crippen LogP contribution in [0.15, 0.2) is 28.7 Å². The molecule has 1 saturated heterocycles. The summed E-state index contributed by atoms with van der Waals surface area (Å²) in [4.78, 5) is 14.6. The van der Waals surface area contributed by atoms with Gasteiger partial charge in [0.25, 0.3) is 0 Å². The molecule has 0 spiro atoms. The molecule has 1 aromatic carbocycles. The van der Waals surface area contributed by atoms with Crippen LogP contribution in [0.2, 0.25) is 0 Å². The fourth-order valence-corrected chi connectivity index (χ4v) is 3.08. The highest BCUT2D eigenvalue weighted by Gasteiger charge is 2.22. The number of piperidine rings is 1. The molecule has 0 saturated carbocycles. The second-order valence-electron chi connectivity index (χ2n) is 5.69. The minimum atomic E-state index is 0.248. The van der Waals surface area contributed by atoms with Crippen molar-refractivity contribution in [2.45, 2.75) is 39.2 Å². The summed E-state index contributed by atoms with van der Waals surface area (Å²) in [5.41, 5.74) is 0.821. The first-order chi connectivity index (χ1) is 9.06. The average Bonchev–Trinajstić information content (AvgIpc) is 2.38. The molecule has 1 heterocycles. The third-order valence-electron chi connectivity index (χ3n) is 4.07. The Kier molecular flexibility index (Phi) is 5.17. The molecule has 0 aromatic heterocycles. The number of carbonyl (C=O) groups excluding carboxylic acids is 1. The van der Waals surface area contributed by atoms with Crippen molar-refractivity contribution in [1.29, 1.82) is 0 Å². The maximum Gasteiger partial charge on any atom is 0.164 e. The van der Waals surface area contributed by atoms with Gasteiger partial charge in [-0.15, -0.1) is 0 Å². The molecule has 1 aromatic rings. The number of halogens is 1. The summed E-state index contributed by atoms with van der Waals surface area (Å²) in [7, 11) is 0.